The second kappa shape index (κ2) is 18.7. The predicted octanol–water partition coefficient (Wildman–Crippen LogP) is 9.42. The molecule has 0 saturated heterocycles. The monoisotopic (exact) mass is 842 g/mol. The van der Waals surface area contributed by atoms with Gasteiger partial charge in [-0.15, -0.1) is 0 Å². The van der Waals surface area contributed by atoms with Crippen LogP contribution in [-0.2, 0) is 34.0 Å². The van der Waals surface area contributed by atoms with Crippen LogP contribution in [0.5, 0.6) is 17.2 Å². The third-order valence-electron chi connectivity index (χ3n) is 12.5. The molecule has 320 valence electrons. The van der Waals surface area contributed by atoms with Crippen LogP contribution in [0.3, 0.4) is 0 Å². The normalized spacial score (nSPS) is 17.1. The molecule has 0 spiro atoms. The van der Waals surface area contributed by atoms with E-state index in [2.05, 4.69) is 116 Å². The van der Waals surface area contributed by atoms with Crippen molar-refractivity contribution < 1.29 is 42.7 Å². The van der Waals surface area contributed by atoms with Crippen molar-refractivity contribution in [2.75, 3.05) is 60.0 Å². The highest BCUT2D eigenvalue weighted by Gasteiger charge is 2.48. The highest BCUT2D eigenvalue weighted by molar-refractivity contribution is 5.86. The van der Waals surface area contributed by atoms with E-state index >= 15 is 0 Å². The number of benzene rings is 6. The number of hydrogen-bond donors (Lipinski definition) is 0. The summed E-state index contributed by atoms with van der Waals surface area (Å²) in [6.45, 7) is 5.72. The van der Waals surface area contributed by atoms with Crippen molar-refractivity contribution >= 4 is 11.9 Å². The number of ether oxygens (including phenoxy) is 7. The van der Waals surface area contributed by atoms with E-state index < -0.39 is 11.4 Å². The lowest BCUT2D eigenvalue weighted by atomic mass is 9.59. The van der Waals surface area contributed by atoms with Gasteiger partial charge in [0.2, 0.25) is 0 Å². The van der Waals surface area contributed by atoms with Crippen LogP contribution < -0.4 is 14.2 Å². The number of methoxy groups -OCH3 is 1. The summed E-state index contributed by atoms with van der Waals surface area (Å²) in [5, 5.41) is 0. The van der Waals surface area contributed by atoms with E-state index in [0.29, 0.717) is 32.8 Å². The Morgan fingerprint density at radius 1 is 0.571 bits per heavy atom. The molecule has 0 N–H and O–H groups in total. The summed E-state index contributed by atoms with van der Waals surface area (Å²) < 4.78 is 39.9. The third kappa shape index (κ3) is 8.10. The van der Waals surface area contributed by atoms with Gasteiger partial charge in [0.1, 0.15) is 43.7 Å². The highest BCUT2D eigenvalue weighted by Crippen LogP contribution is 2.57. The van der Waals surface area contributed by atoms with Gasteiger partial charge in [0, 0.05) is 17.9 Å². The Labute approximate surface area is 368 Å². The molecule has 3 unspecified atom stereocenters. The summed E-state index contributed by atoms with van der Waals surface area (Å²) in [7, 11) is 1.69. The van der Waals surface area contributed by atoms with Gasteiger partial charge in [0.05, 0.1) is 44.9 Å². The Bertz CT molecular complexity index is 2530. The van der Waals surface area contributed by atoms with Crippen molar-refractivity contribution in [3.63, 3.8) is 0 Å². The first-order chi connectivity index (χ1) is 31.0. The van der Waals surface area contributed by atoms with Crippen molar-refractivity contribution in [2.24, 2.45) is 5.92 Å². The lowest BCUT2D eigenvalue weighted by molar-refractivity contribution is -0.151. The molecule has 0 radical (unpaired) electrons. The average Bonchev–Trinajstić information content (AvgIpc) is 3.64. The van der Waals surface area contributed by atoms with E-state index in [-0.39, 0.29) is 50.2 Å². The molecule has 0 heterocycles. The minimum atomic E-state index is -0.575. The van der Waals surface area contributed by atoms with Gasteiger partial charge in [-0.25, -0.2) is 4.79 Å². The summed E-state index contributed by atoms with van der Waals surface area (Å²) >= 11 is 0. The summed E-state index contributed by atoms with van der Waals surface area (Å²) in [6, 6.07) is 48.5. The zero-order valence-electron chi connectivity index (χ0n) is 35.3. The van der Waals surface area contributed by atoms with E-state index in [9.17, 15) is 9.59 Å². The minimum Gasteiger partial charge on any atom is -0.497 e. The first-order valence-corrected chi connectivity index (χ1v) is 21.5. The van der Waals surface area contributed by atoms with Gasteiger partial charge in [-0.1, -0.05) is 110 Å². The van der Waals surface area contributed by atoms with E-state index in [0.717, 1.165) is 34.5 Å². The van der Waals surface area contributed by atoms with Crippen LogP contribution in [0.2, 0.25) is 0 Å². The molecule has 0 amide bonds. The molecule has 6 aromatic carbocycles. The summed E-state index contributed by atoms with van der Waals surface area (Å²) in [6.07, 6.45) is 1.84. The Balaban J connectivity index is 0.807. The quantitative estimate of drug-likeness (QED) is 0.0448. The fourth-order valence-corrected chi connectivity index (χ4v) is 9.86. The third-order valence-corrected chi connectivity index (χ3v) is 12.5. The second-order valence-electron chi connectivity index (χ2n) is 15.8. The highest BCUT2D eigenvalue weighted by atomic mass is 16.6. The first kappa shape index (κ1) is 41.7. The van der Waals surface area contributed by atoms with Gasteiger partial charge < -0.3 is 33.2 Å². The summed E-state index contributed by atoms with van der Waals surface area (Å²) in [4.78, 5) is 24.8. The molecule has 4 aliphatic carbocycles. The number of rotatable bonds is 19. The van der Waals surface area contributed by atoms with Crippen LogP contribution in [0.4, 0.5) is 0 Å². The largest absolute Gasteiger partial charge is 0.497 e. The van der Waals surface area contributed by atoms with Gasteiger partial charge in [-0.2, -0.15) is 0 Å². The van der Waals surface area contributed by atoms with E-state index in [1.54, 1.807) is 7.11 Å². The Morgan fingerprint density at radius 3 is 1.67 bits per heavy atom. The van der Waals surface area contributed by atoms with Crippen molar-refractivity contribution in [1.29, 1.82) is 0 Å². The lowest BCUT2D eigenvalue weighted by Gasteiger charge is -2.44. The molecule has 0 fully saturated rings. The van der Waals surface area contributed by atoms with Gasteiger partial charge >= 0.3 is 11.9 Å². The lowest BCUT2D eigenvalue weighted by Crippen LogP contribution is -2.37. The Morgan fingerprint density at radius 2 is 1.08 bits per heavy atom. The topological polar surface area (TPSA) is 98.8 Å². The van der Waals surface area contributed by atoms with E-state index in [1.165, 1.54) is 44.5 Å². The predicted molar refractivity (Wildman–Crippen MR) is 240 cm³/mol. The number of hydrogen-bond acceptors (Lipinski definition) is 9. The molecule has 9 heteroatoms. The van der Waals surface area contributed by atoms with E-state index in [1.807, 2.05) is 30.3 Å². The molecule has 2 bridgehead atoms. The molecule has 63 heavy (non-hydrogen) atoms. The second-order valence-corrected chi connectivity index (χ2v) is 15.8. The summed E-state index contributed by atoms with van der Waals surface area (Å²) in [5.41, 5.74) is 11.4. The van der Waals surface area contributed by atoms with Gasteiger partial charge in [0.15, 0.2) is 0 Å². The summed E-state index contributed by atoms with van der Waals surface area (Å²) in [5.74, 6) is 1.49. The minimum absolute atomic E-state index is 0.0411. The molecule has 4 aliphatic rings. The number of fused-ring (bicyclic) bond motifs is 4. The number of esters is 2. The maximum absolute atomic E-state index is 13.5. The smallest absolute Gasteiger partial charge is 0.330 e. The van der Waals surface area contributed by atoms with Gasteiger partial charge in [-0.3, -0.25) is 4.79 Å². The number of carbonyl (C=O) groups excluding carboxylic acids is 2. The van der Waals surface area contributed by atoms with Crippen LogP contribution in [-0.4, -0.2) is 71.9 Å². The van der Waals surface area contributed by atoms with Crippen LogP contribution in [0, 0.1) is 5.92 Å². The van der Waals surface area contributed by atoms with E-state index in [4.69, 9.17) is 33.2 Å². The molecule has 3 atom stereocenters. The molecule has 0 aliphatic heterocycles. The maximum atomic E-state index is 13.5. The zero-order valence-corrected chi connectivity index (χ0v) is 35.3. The van der Waals surface area contributed by atoms with Gasteiger partial charge in [0.25, 0.3) is 0 Å². The van der Waals surface area contributed by atoms with Crippen molar-refractivity contribution in [3.8, 4) is 28.4 Å². The van der Waals surface area contributed by atoms with Crippen molar-refractivity contribution in [3.05, 3.63) is 197 Å². The maximum Gasteiger partial charge on any atom is 0.330 e. The van der Waals surface area contributed by atoms with Gasteiger partial charge in [-0.05, 0) is 98.5 Å². The molecule has 6 aromatic rings. The van der Waals surface area contributed by atoms with Crippen LogP contribution in [0.25, 0.3) is 11.1 Å². The van der Waals surface area contributed by atoms with Crippen LogP contribution >= 0.6 is 0 Å². The van der Waals surface area contributed by atoms with Crippen molar-refractivity contribution in [2.45, 2.75) is 23.7 Å². The van der Waals surface area contributed by atoms with Crippen LogP contribution in [0.1, 0.15) is 62.8 Å². The van der Waals surface area contributed by atoms with Crippen LogP contribution in [0.15, 0.2) is 152 Å². The molecular formula is C54H50O9. The molecule has 0 saturated carbocycles. The fourth-order valence-electron chi connectivity index (χ4n) is 9.86. The molecule has 10 rings (SSSR count). The van der Waals surface area contributed by atoms with Crippen molar-refractivity contribution in [1.82, 2.24) is 0 Å². The first-order valence-electron chi connectivity index (χ1n) is 21.5. The standard InChI is InChI=1S/C54H50O9/c1-3-51(55)62-32-28-58-26-30-60-38-20-16-36(17-21-38)54(49-14-8-6-11-42(49)43-12-7-9-15-50(43)54)37-18-22-39(23-19-37)61-31-27-59-29-33-63-53(56)48-35-47-41-10-4-5-13-44(41)52(48)45-25-24-40(57-2)34-46(45)47/h3-25,34,47-48,52H,1,26-33,35H2,2H3. The zero-order chi connectivity index (χ0) is 43.2. The molecule has 9 nitrogen and oxygen atoms in total. The molecule has 0 aromatic heterocycles. The fraction of sp³-hybridized carbons (Fsp3) is 0.259. The Kier molecular flexibility index (Phi) is 12.4. The molecular weight excluding hydrogens is 793 g/mol. The number of carbonyl (C=O) groups is 2. The Hall–Kier alpha value is -6.68. The average molecular weight is 843 g/mol. The SMILES string of the molecule is C=CC(=O)OCCOCCOc1ccc(C2(c3ccc(OCCOCCOC(=O)C4CC5c6ccccc6C4c4ccc(OC)cc45)cc3)c3ccccc3-c3ccccc32)cc1.